The first kappa shape index (κ1) is 12.2. The number of rotatable bonds is 4. The van der Waals surface area contributed by atoms with Crippen LogP contribution in [0, 0.1) is 0 Å². The summed E-state index contributed by atoms with van der Waals surface area (Å²) in [7, 11) is 0. The van der Waals surface area contributed by atoms with E-state index in [4.69, 9.17) is 9.84 Å². The average molecular weight is 264 g/mol. The second-order valence-corrected chi connectivity index (χ2v) is 4.26. The highest BCUT2D eigenvalue weighted by molar-refractivity contribution is 7.14. The minimum Gasteiger partial charge on any atom is -0.476 e. The van der Waals surface area contributed by atoms with Gasteiger partial charge in [0, 0.05) is 0 Å². The number of aromatic nitrogens is 2. The molecule has 0 saturated carbocycles. The highest BCUT2D eigenvalue weighted by Crippen LogP contribution is 2.12. The summed E-state index contributed by atoms with van der Waals surface area (Å²) >= 11 is 0.688. The van der Waals surface area contributed by atoms with E-state index in [-0.39, 0.29) is 16.6 Å². The van der Waals surface area contributed by atoms with Gasteiger partial charge < -0.3 is 9.84 Å². The second kappa shape index (κ2) is 5.37. The van der Waals surface area contributed by atoms with Crippen molar-refractivity contribution in [1.82, 2.24) is 10.2 Å². The number of ether oxygens (including phenoxy) is 1. The number of hydrogen-bond acceptors (Lipinski definition) is 6. The van der Waals surface area contributed by atoms with Gasteiger partial charge in [-0.1, -0.05) is 41.7 Å². The fraction of sp³-hybridized carbons (Fsp3) is 0.0909. The molecule has 0 atom stereocenters. The van der Waals surface area contributed by atoms with Crippen molar-refractivity contribution in [3.05, 3.63) is 45.9 Å². The molecule has 92 valence electrons. The van der Waals surface area contributed by atoms with Gasteiger partial charge in [-0.05, 0) is 5.56 Å². The van der Waals surface area contributed by atoms with E-state index in [1.54, 1.807) is 0 Å². The molecule has 0 bridgehead atoms. The summed E-state index contributed by atoms with van der Waals surface area (Å²) in [4.78, 5) is 22.1. The molecule has 0 spiro atoms. The van der Waals surface area contributed by atoms with Crippen molar-refractivity contribution >= 4 is 23.3 Å². The summed E-state index contributed by atoms with van der Waals surface area (Å²) in [6.45, 7) is 0.113. The zero-order valence-electron chi connectivity index (χ0n) is 9.07. The highest BCUT2D eigenvalue weighted by Gasteiger charge is 2.17. The predicted octanol–water partition coefficient (Wildman–Crippen LogP) is 1.59. The Morgan fingerprint density at radius 3 is 2.44 bits per heavy atom. The number of carbonyl (C=O) groups excluding carboxylic acids is 1. The predicted molar refractivity (Wildman–Crippen MR) is 62.4 cm³/mol. The lowest BCUT2D eigenvalue weighted by Crippen LogP contribution is -2.04. The van der Waals surface area contributed by atoms with Crippen molar-refractivity contribution in [2.75, 3.05) is 0 Å². The van der Waals surface area contributed by atoms with E-state index in [1.807, 2.05) is 30.3 Å². The Balaban J connectivity index is 1.97. The molecule has 0 aliphatic carbocycles. The third kappa shape index (κ3) is 2.89. The van der Waals surface area contributed by atoms with Crippen molar-refractivity contribution in [3.8, 4) is 0 Å². The first-order valence-corrected chi connectivity index (χ1v) is 5.76. The number of aromatic carboxylic acids is 1. The van der Waals surface area contributed by atoms with Gasteiger partial charge in [-0.25, -0.2) is 9.59 Å². The fourth-order valence-electron chi connectivity index (χ4n) is 1.18. The maximum absolute atomic E-state index is 11.5. The van der Waals surface area contributed by atoms with Crippen LogP contribution in [0.1, 0.15) is 25.2 Å². The summed E-state index contributed by atoms with van der Waals surface area (Å²) in [6, 6.07) is 9.15. The Morgan fingerprint density at radius 2 is 1.83 bits per heavy atom. The van der Waals surface area contributed by atoms with E-state index in [0.717, 1.165) is 5.56 Å². The first-order chi connectivity index (χ1) is 8.66. The molecule has 1 heterocycles. The lowest BCUT2D eigenvalue weighted by Gasteiger charge is -2.01. The van der Waals surface area contributed by atoms with Gasteiger partial charge >= 0.3 is 11.9 Å². The molecule has 0 radical (unpaired) electrons. The van der Waals surface area contributed by atoms with Gasteiger partial charge in [0.1, 0.15) is 6.61 Å². The maximum atomic E-state index is 11.5. The first-order valence-electron chi connectivity index (χ1n) is 4.94. The van der Waals surface area contributed by atoms with Gasteiger partial charge in [0.05, 0.1) is 0 Å². The number of nitrogens with zero attached hydrogens (tertiary/aromatic N) is 2. The molecule has 0 aliphatic heterocycles. The van der Waals surface area contributed by atoms with Crippen LogP contribution in [-0.4, -0.2) is 27.2 Å². The van der Waals surface area contributed by atoms with E-state index < -0.39 is 11.9 Å². The van der Waals surface area contributed by atoms with Crippen LogP contribution in [0.2, 0.25) is 0 Å². The van der Waals surface area contributed by atoms with Crippen molar-refractivity contribution < 1.29 is 19.4 Å². The zero-order valence-corrected chi connectivity index (χ0v) is 9.88. The average Bonchev–Trinajstić information content (AvgIpc) is 2.87. The molecular weight excluding hydrogens is 256 g/mol. The van der Waals surface area contributed by atoms with Crippen LogP contribution in [0.15, 0.2) is 30.3 Å². The van der Waals surface area contributed by atoms with Crippen molar-refractivity contribution in [2.45, 2.75) is 6.61 Å². The van der Waals surface area contributed by atoms with Crippen molar-refractivity contribution in [1.29, 1.82) is 0 Å². The largest absolute Gasteiger partial charge is 0.476 e. The molecule has 0 amide bonds. The Morgan fingerprint density at radius 1 is 1.17 bits per heavy atom. The molecule has 1 N–H and O–H groups in total. The van der Waals surface area contributed by atoms with Crippen LogP contribution in [0.4, 0.5) is 0 Å². The molecule has 0 unspecified atom stereocenters. The van der Waals surface area contributed by atoms with Crippen LogP contribution >= 0.6 is 11.3 Å². The van der Waals surface area contributed by atoms with Gasteiger partial charge in [-0.2, -0.15) is 0 Å². The molecule has 1 aromatic heterocycles. The molecule has 2 rings (SSSR count). The third-order valence-corrected chi connectivity index (χ3v) is 2.89. The fourth-order valence-corrected chi connectivity index (χ4v) is 1.75. The lowest BCUT2D eigenvalue weighted by atomic mass is 10.2. The summed E-state index contributed by atoms with van der Waals surface area (Å²) < 4.78 is 4.98. The minimum atomic E-state index is -1.21. The number of carboxylic acid groups (broad SMARTS) is 1. The maximum Gasteiger partial charge on any atom is 0.369 e. The summed E-state index contributed by atoms with van der Waals surface area (Å²) in [5, 5.41) is 15.2. The standard InChI is InChI=1S/C11H8N2O4S/c14-10(15)8-12-13-9(18-8)11(16)17-6-7-4-2-1-3-5-7/h1-5H,6H2,(H,14,15). The Hall–Kier alpha value is -2.28. The van der Waals surface area contributed by atoms with Crippen LogP contribution in [-0.2, 0) is 11.3 Å². The Labute approximate surface area is 106 Å². The van der Waals surface area contributed by atoms with Gasteiger partial charge in [-0.3, -0.25) is 0 Å². The second-order valence-electron chi connectivity index (χ2n) is 3.28. The zero-order chi connectivity index (χ0) is 13.0. The Bertz CT molecular complexity index is 567. The number of carbonyl (C=O) groups is 2. The van der Waals surface area contributed by atoms with E-state index in [2.05, 4.69) is 10.2 Å². The van der Waals surface area contributed by atoms with Crippen LogP contribution in [0.3, 0.4) is 0 Å². The van der Waals surface area contributed by atoms with Gasteiger partial charge in [-0.15, -0.1) is 10.2 Å². The van der Waals surface area contributed by atoms with Crippen LogP contribution < -0.4 is 0 Å². The topological polar surface area (TPSA) is 89.4 Å². The lowest BCUT2D eigenvalue weighted by molar-refractivity contribution is 0.0470. The molecule has 2 aromatic rings. The number of esters is 1. The van der Waals surface area contributed by atoms with E-state index >= 15 is 0 Å². The SMILES string of the molecule is O=C(O)c1nnc(C(=O)OCc2ccccc2)s1. The molecule has 18 heavy (non-hydrogen) atoms. The van der Waals surface area contributed by atoms with Gasteiger partial charge in [0.25, 0.3) is 0 Å². The van der Waals surface area contributed by atoms with E-state index in [9.17, 15) is 9.59 Å². The summed E-state index contributed by atoms with van der Waals surface area (Å²) in [5.74, 6) is -1.89. The number of benzene rings is 1. The Kier molecular flexibility index (Phi) is 3.63. The molecule has 7 heteroatoms. The van der Waals surface area contributed by atoms with E-state index in [1.165, 1.54) is 0 Å². The number of carboxylic acids is 1. The monoisotopic (exact) mass is 264 g/mol. The molecule has 1 aromatic carbocycles. The third-order valence-electron chi connectivity index (χ3n) is 2.00. The quantitative estimate of drug-likeness (QED) is 0.843. The molecule has 6 nitrogen and oxygen atoms in total. The highest BCUT2D eigenvalue weighted by atomic mass is 32.1. The molecule has 0 saturated heterocycles. The number of hydrogen-bond donors (Lipinski definition) is 1. The van der Waals surface area contributed by atoms with Gasteiger partial charge in [0.15, 0.2) is 0 Å². The minimum absolute atomic E-state index is 0.0664. The smallest absolute Gasteiger partial charge is 0.369 e. The van der Waals surface area contributed by atoms with Crippen LogP contribution in [0.25, 0.3) is 0 Å². The van der Waals surface area contributed by atoms with Crippen molar-refractivity contribution in [2.24, 2.45) is 0 Å². The normalized spacial score (nSPS) is 10.0. The molecule has 0 fully saturated rings. The summed E-state index contributed by atoms with van der Waals surface area (Å²) in [6.07, 6.45) is 0. The van der Waals surface area contributed by atoms with Crippen molar-refractivity contribution in [3.63, 3.8) is 0 Å². The van der Waals surface area contributed by atoms with Crippen LogP contribution in [0.5, 0.6) is 0 Å². The molecular formula is C11H8N2O4S. The summed E-state index contributed by atoms with van der Waals surface area (Å²) in [5.41, 5.74) is 0.842. The van der Waals surface area contributed by atoms with E-state index in [0.29, 0.717) is 11.3 Å². The molecule has 0 aliphatic rings. The van der Waals surface area contributed by atoms with Gasteiger partial charge in [0.2, 0.25) is 10.0 Å².